The highest BCUT2D eigenvalue weighted by molar-refractivity contribution is 7.89. The third-order valence-corrected chi connectivity index (χ3v) is 5.90. The number of halogens is 1. The fraction of sp³-hybridized carbons (Fsp3) is 0.364. The van der Waals surface area contributed by atoms with Gasteiger partial charge < -0.3 is 14.2 Å². The number of hydrogen-bond acceptors (Lipinski definition) is 7. The molecule has 34 heavy (non-hydrogen) atoms. The first kappa shape index (κ1) is 26.9. The highest BCUT2D eigenvalue weighted by atomic mass is 32.2. The lowest BCUT2D eigenvalue weighted by Gasteiger charge is -2.18. The maximum absolute atomic E-state index is 13.8. The Hall–Kier alpha value is -3.38. The van der Waals surface area contributed by atoms with E-state index in [1.54, 1.807) is 20.8 Å². The normalized spacial score (nSPS) is 11.9. The van der Waals surface area contributed by atoms with Gasteiger partial charge in [0, 0.05) is 5.56 Å². The predicted octanol–water partition coefficient (Wildman–Crippen LogP) is 2.15. The van der Waals surface area contributed by atoms with Crippen LogP contribution in [0.2, 0.25) is 0 Å². The zero-order chi connectivity index (χ0) is 25.3. The number of hydrogen-bond donors (Lipinski definition) is 3. The van der Waals surface area contributed by atoms with E-state index in [9.17, 15) is 22.4 Å². The minimum absolute atomic E-state index is 0.107. The summed E-state index contributed by atoms with van der Waals surface area (Å²) in [6.45, 7) is 7.56. The van der Waals surface area contributed by atoms with Crippen LogP contribution < -0.4 is 29.8 Å². The van der Waals surface area contributed by atoms with Gasteiger partial charge in [-0.3, -0.25) is 20.4 Å². The first-order chi connectivity index (χ1) is 16.1. The lowest BCUT2D eigenvalue weighted by Crippen LogP contribution is -2.51. The molecule has 0 fully saturated rings. The second kappa shape index (κ2) is 12.2. The second-order valence-corrected chi connectivity index (χ2v) is 8.50. The number of amides is 2. The molecule has 0 bridgehead atoms. The summed E-state index contributed by atoms with van der Waals surface area (Å²) in [5, 5.41) is 0. The van der Waals surface area contributed by atoms with E-state index < -0.39 is 38.6 Å². The summed E-state index contributed by atoms with van der Waals surface area (Å²) < 4.78 is 57.3. The van der Waals surface area contributed by atoms with Crippen LogP contribution in [0.1, 0.15) is 38.1 Å². The predicted molar refractivity (Wildman–Crippen MR) is 122 cm³/mol. The maximum atomic E-state index is 13.8. The summed E-state index contributed by atoms with van der Waals surface area (Å²) in [4.78, 5) is 24.4. The molecule has 0 heterocycles. The highest BCUT2D eigenvalue weighted by Crippen LogP contribution is 2.39. The Morgan fingerprint density at radius 2 is 1.50 bits per heavy atom. The Morgan fingerprint density at radius 3 is 2.03 bits per heavy atom. The fourth-order valence-electron chi connectivity index (χ4n) is 2.83. The Labute approximate surface area is 197 Å². The van der Waals surface area contributed by atoms with Crippen molar-refractivity contribution in [2.24, 2.45) is 0 Å². The topological polar surface area (TPSA) is 132 Å². The van der Waals surface area contributed by atoms with Crippen LogP contribution in [0.4, 0.5) is 4.39 Å². The number of carbonyl (C=O) groups excluding carboxylic acids is 2. The highest BCUT2D eigenvalue weighted by Gasteiger charge is 2.25. The summed E-state index contributed by atoms with van der Waals surface area (Å²) in [6, 6.07) is 6.31. The molecule has 2 aromatic rings. The van der Waals surface area contributed by atoms with E-state index in [0.717, 1.165) is 12.1 Å². The van der Waals surface area contributed by atoms with Crippen LogP contribution in [0.15, 0.2) is 41.3 Å². The molecule has 0 aliphatic heterocycles. The Morgan fingerprint density at radius 1 is 0.941 bits per heavy atom. The molecule has 12 heteroatoms. The number of sulfonamides is 1. The van der Waals surface area contributed by atoms with Gasteiger partial charge in [0.05, 0.1) is 25.9 Å². The van der Waals surface area contributed by atoms with Crippen molar-refractivity contribution in [1.29, 1.82) is 0 Å². The van der Waals surface area contributed by atoms with Crippen molar-refractivity contribution in [3.8, 4) is 17.2 Å². The molecular weight excluding hydrogens is 469 g/mol. The van der Waals surface area contributed by atoms with Gasteiger partial charge in [0.1, 0.15) is 10.7 Å². The molecular formula is C22H28FN3O7S. The standard InChI is InChI=1S/C22H28FN3O7S/c1-5-31-17-12-15(13-18(32-6-2)20(17)33-7-3)22(28)25-24-21(27)14(4)26-34(29,30)19-11-9-8-10-16(19)23/h8-14,26H,5-7H2,1-4H3,(H,24,27)(H,25,28)/t14-/m0/s1. The van der Waals surface area contributed by atoms with Crippen LogP contribution in [-0.2, 0) is 14.8 Å². The quantitative estimate of drug-likeness (QED) is 0.405. The van der Waals surface area contributed by atoms with Crippen LogP contribution in [0.3, 0.4) is 0 Å². The van der Waals surface area contributed by atoms with E-state index in [1.807, 2.05) is 0 Å². The molecule has 2 aromatic carbocycles. The Balaban J connectivity index is 2.12. The minimum Gasteiger partial charge on any atom is -0.490 e. The van der Waals surface area contributed by atoms with E-state index in [2.05, 4.69) is 15.6 Å². The average molecular weight is 498 g/mol. The number of carbonyl (C=O) groups is 2. The van der Waals surface area contributed by atoms with Gasteiger partial charge >= 0.3 is 0 Å². The van der Waals surface area contributed by atoms with Crippen molar-refractivity contribution >= 4 is 21.8 Å². The second-order valence-electron chi connectivity index (χ2n) is 6.82. The van der Waals surface area contributed by atoms with Crippen molar-refractivity contribution in [1.82, 2.24) is 15.6 Å². The van der Waals surface area contributed by atoms with Crippen molar-refractivity contribution in [2.45, 2.75) is 38.6 Å². The van der Waals surface area contributed by atoms with E-state index in [4.69, 9.17) is 14.2 Å². The van der Waals surface area contributed by atoms with Crippen molar-refractivity contribution in [2.75, 3.05) is 19.8 Å². The molecule has 0 radical (unpaired) electrons. The SMILES string of the molecule is CCOc1cc(C(=O)NNC(=O)[C@H](C)NS(=O)(=O)c2ccccc2F)cc(OCC)c1OCC. The molecule has 0 aliphatic rings. The number of rotatable bonds is 11. The van der Waals surface area contributed by atoms with Gasteiger partial charge in [-0.1, -0.05) is 12.1 Å². The van der Waals surface area contributed by atoms with E-state index in [1.165, 1.54) is 31.2 Å². The molecule has 1 atom stereocenters. The van der Waals surface area contributed by atoms with Crippen molar-refractivity contribution in [3.05, 3.63) is 47.8 Å². The zero-order valence-electron chi connectivity index (χ0n) is 19.3. The Bertz CT molecular complexity index is 1100. The van der Waals surface area contributed by atoms with Gasteiger partial charge in [-0.2, -0.15) is 4.72 Å². The molecule has 0 saturated carbocycles. The summed E-state index contributed by atoms with van der Waals surface area (Å²) in [6.07, 6.45) is 0. The summed E-state index contributed by atoms with van der Waals surface area (Å²) in [7, 11) is -4.31. The van der Waals surface area contributed by atoms with Crippen molar-refractivity contribution in [3.63, 3.8) is 0 Å². The van der Waals surface area contributed by atoms with Gasteiger partial charge in [0.15, 0.2) is 11.5 Å². The zero-order valence-corrected chi connectivity index (χ0v) is 20.1. The lowest BCUT2D eigenvalue weighted by atomic mass is 10.1. The van der Waals surface area contributed by atoms with E-state index >= 15 is 0 Å². The fourth-order valence-corrected chi connectivity index (χ4v) is 4.11. The first-order valence-electron chi connectivity index (χ1n) is 10.6. The summed E-state index contributed by atoms with van der Waals surface area (Å²) in [5.41, 5.74) is 4.45. The number of hydrazine groups is 1. The van der Waals surface area contributed by atoms with Crippen LogP contribution in [0.25, 0.3) is 0 Å². The average Bonchev–Trinajstić information content (AvgIpc) is 2.79. The van der Waals surface area contributed by atoms with Gasteiger partial charge in [-0.15, -0.1) is 0 Å². The van der Waals surface area contributed by atoms with Gasteiger partial charge in [-0.05, 0) is 52.0 Å². The number of benzene rings is 2. The monoisotopic (exact) mass is 497 g/mol. The third-order valence-electron chi connectivity index (χ3n) is 4.32. The van der Waals surface area contributed by atoms with E-state index in [-0.39, 0.29) is 17.1 Å². The maximum Gasteiger partial charge on any atom is 0.269 e. The smallest absolute Gasteiger partial charge is 0.269 e. The first-order valence-corrected chi connectivity index (χ1v) is 12.1. The van der Waals surface area contributed by atoms with Crippen LogP contribution >= 0.6 is 0 Å². The molecule has 2 rings (SSSR count). The van der Waals surface area contributed by atoms with Crippen molar-refractivity contribution < 1.29 is 36.6 Å². The molecule has 0 spiro atoms. The molecule has 2 amide bonds. The molecule has 0 unspecified atom stereocenters. The van der Waals surface area contributed by atoms with Crippen LogP contribution in [0, 0.1) is 5.82 Å². The van der Waals surface area contributed by atoms with E-state index in [0.29, 0.717) is 25.6 Å². The van der Waals surface area contributed by atoms with Crippen LogP contribution in [-0.4, -0.2) is 46.1 Å². The number of nitrogens with one attached hydrogen (secondary N) is 3. The lowest BCUT2D eigenvalue weighted by molar-refractivity contribution is -0.123. The molecule has 0 saturated heterocycles. The largest absolute Gasteiger partial charge is 0.490 e. The summed E-state index contributed by atoms with van der Waals surface area (Å²) in [5.74, 6) is -1.60. The van der Waals surface area contributed by atoms with Crippen LogP contribution in [0.5, 0.6) is 17.2 Å². The molecule has 0 aromatic heterocycles. The summed E-state index contributed by atoms with van der Waals surface area (Å²) >= 11 is 0. The van der Waals surface area contributed by atoms with Gasteiger partial charge in [0.2, 0.25) is 15.8 Å². The van der Waals surface area contributed by atoms with Gasteiger partial charge in [0.25, 0.3) is 11.8 Å². The molecule has 186 valence electrons. The van der Waals surface area contributed by atoms with Gasteiger partial charge in [-0.25, -0.2) is 12.8 Å². The Kier molecular flexibility index (Phi) is 9.63. The minimum atomic E-state index is -4.31. The number of ether oxygens (including phenoxy) is 3. The molecule has 0 aliphatic carbocycles. The molecule has 3 N–H and O–H groups in total. The molecule has 10 nitrogen and oxygen atoms in total. The third kappa shape index (κ3) is 6.81.